The molecule has 1 N–H and O–H groups in total. The summed E-state index contributed by atoms with van der Waals surface area (Å²) in [6, 6.07) is 6.55. The fourth-order valence-electron chi connectivity index (χ4n) is 3.03. The van der Waals surface area contributed by atoms with Crippen molar-refractivity contribution in [2.75, 3.05) is 0 Å². The van der Waals surface area contributed by atoms with Crippen LogP contribution in [0, 0.1) is 6.92 Å². The van der Waals surface area contributed by atoms with Crippen LogP contribution < -0.4 is 10.1 Å². The standard InChI is InChI=1S/C19H29NO2/c1-13(2)17-11-10-14(3)12-18(17)22-15(4)19(21)20-16-8-6-5-7-9-16/h10-13,15-16H,5-9H2,1-4H3,(H,20,21)/t15-/m0/s1. The van der Waals surface area contributed by atoms with Crippen molar-refractivity contribution in [3.63, 3.8) is 0 Å². The van der Waals surface area contributed by atoms with Crippen LogP contribution in [0.5, 0.6) is 5.75 Å². The molecular formula is C19H29NO2. The molecule has 0 radical (unpaired) electrons. The maximum Gasteiger partial charge on any atom is 0.260 e. The monoisotopic (exact) mass is 303 g/mol. The lowest BCUT2D eigenvalue weighted by atomic mass is 9.95. The zero-order valence-electron chi connectivity index (χ0n) is 14.3. The van der Waals surface area contributed by atoms with Crippen molar-refractivity contribution >= 4 is 5.91 Å². The topological polar surface area (TPSA) is 38.3 Å². The fraction of sp³-hybridized carbons (Fsp3) is 0.632. The zero-order chi connectivity index (χ0) is 16.1. The van der Waals surface area contributed by atoms with Gasteiger partial charge in [0.05, 0.1) is 0 Å². The molecule has 0 unspecified atom stereocenters. The van der Waals surface area contributed by atoms with Gasteiger partial charge in [-0.1, -0.05) is 45.2 Å². The van der Waals surface area contributed by atoms with Crippen molar-refractivity contribution in [1.82, 2.24) is 5.32 Å². The second-order valence-electron chi connectivity index (χ2n) is 6.80. The maximum atomic E-state index is 12.3. The molecule has 0 spiro atoms. The van der Waals surface area contributed by atoms with Gasteiger partial charge in [-0.3, -0.25) is 4.79 Å². The minimum atomic E-state index is -0.457. The minimum absolute atomic E-state index is 0.00288. The summed E-state index contributed by atoms with van der Waals surface area (Å²) in [7, 11) is 0. The van der Waals surface area contributed by atoms with Crippen molar-refractivity contribution < 1.29 is 9.53 Å². The summed E-state index contributed by atoms with van der Waals surface area (Å²) in [5, 5.41) is 3.14. The molecule has 0 bridgehead atoms. The quantitative estimate of drug-likeness (QED) is 0.879. The molecule has 0 saturated heterocycles. The number of ether oxygens (including phenoxy) is 1. The molecule has 22 heavy (non-hydrogen) atoms. The predicted molar refractivity (Wildman–Crippen MR) is 90.4 cm³/mol. The van der Waals surface area contributed by atoms with Crippen molar-refractivity contribution in [3.05, 3.63) is 29.3 Å². The third-order valence-corrected chi connectivity index (χ3v) is 4.42. The highest BCUT2D eigenvalue weighted by Gasteiger charge is 2.21. The van der Waals surface area contributed by atoms with Crippen molar-refractivity contribution in [2.45, 2.75) is 77.9 Å². The normalized spacial score (nSPS) is 17.3. The van der Waals surface area contributed by atoms with Crippen LogP contribution in [-0.4, -0.2) is 18.1 Å². The van der Waals surface area contributed by atoms with Gasteiger partial charge in [0, 0.05) is 6.04 Å². The number of hydrogen-bond acceptors (Lipinski definition) is 2. The number of aryl methyl sites for hydroxylation is 1. The Kier molecular flexibility index (Phi) is 5.87. The molecule has 1 atom stereocenters. The molecule has 1 fully saturated rings. The molecule has 0 heterocycles. The Hall–Kier alpha value is -1.51. The Labute approximate surface area is 134 Å². The predicted octanol–water partition coefficient (Wildman–Crippen LogP) is 4.33. The second kappa shape index (κ2) is 7.66. The van der Waals surface area contributed by atoms with Crippen LogP contribution in [0.4, 0.5) is 0 Å². The number of rotatable bonds is 5. The number of hydrogen-bond donors (Lipinski definition) is 1. The molecule has 3 nitrogen and oxygen atoms in total. The van der Waals surface area contributed by atoms with Gasteiger partial charge < -0.3 is 10.1 Å². The van der Waals surface area contributed by atoms with E-state index in [0.29, 0.717) is 12.0 Å². The van der Waals surface area contributed by atoms with Gasteiger partial charge in [-0.25, -0.2) is 0 Å². The maximum absolute atomic E-state index is 12.3. The van der Waals surface area contributed by atoms with Gasteiger partial charge >= 0.3 is 0 Å². The number of benzene rings is 1. The van der Waals surface area contributed by atoms with Crippen LogP contribution in [0.1, 0.15) is 69.9 Å². The summed E-state index contributed by atoms with van der Waals surface area (Å²) in [5.74, 6) is 1.22. The van der Waals surface area contributed by atoms with E-state index in [0.717, 1.165) is 29.7 Å². The first-order valence-electron chi connectivity index (χ1n) is 8.55. The van der Waals surface area contributed by atoms with Gasteiger partial charge in [-0.05, 0) is 49.8 Å². The summed E-state index contributed by atoms with van der Waals surface area (Å²) in [6.45, 7) is 8.17. The molecule has 2 rings (SSSR count). The lowest BCUT2D eigenvalue weighted by Crippen LogP contribution is -2.43. The average Bonchev–Trinajstić information content (AvgIpc) is 2.48. The third-order valence-electron chi connectivity index (χ3n) is 4.42. The molecular weight excluding hydrogens is 274 g/mol. The molecule has 1 aliphatic carbocycles. The Morgan fingerprint density at radius 3 is 2.50 bits per heavy atom. The van der Waals surface area contributed by atoms with Gasteiger partial charge in [-0.15, -0.1) is 0 Å². The van der Waals surface area contributed by atoms with Gasteiger partial charge in [-0.2, -0.15) is 0 Å². The van der Waals surface area contributed by atoms with E-state index in [-0.39, 0.29) is 5.91 Å². The smallest absolute Gasteiger partial charge is 0.260 e. The molecule has 1 aromatic rings. The Morgan fingerprint density at radius 1 is 1.18 bits per heavy atom. The first-order valence-corrected chi connectivity index (χ1v) is 8.55. The van der Waals surface area contributed by atoms with Gasteiger partial charge in [0.25, 0.3) is 5.91 Å². The Balaban J connectivity index is 1.99. The lowest BCUT2D eigenvalue weighted by Gasteiger charge is -2.25. The van der Waals surface area contributed by atoms with E-state index in [2.05, 4.69) is 31.3 Å². The number of carbonyl (C=O) groups is 1. The Bertz CT molecular complexity index is 504. The van der Waals surface area contributed by atoms with E-state index in [9.17, 15) is 4.79 Å². The first kappa shape index (κ1) is 16.9. The summed E-state index contributed by atoms with van der Waals surface area (Å²) in [6.07, 6.45) is 5.46. The Morgan fingerprint density at radius 2 is 1.86 bits per heavy atom. The molecule has 0 aromatic heterocycles. The van der Waals surface area contributed by atoms with Crippen LogP contribution in [0.15, 0.2) is 18.2 Å². The number of nitrogens with one attached hydrogen (secondary N) is 1. The summed E-state index contributed by atoms with van der Waals surface area (Å²) in [5.41, 5.74) is 2.31. The highest BCUT2D eigenvalue weighted by molar-refractivity contribution is 5.81. The zero-order valence-corrected chi connectivity index (χ0v) is 14.3. The van der Waals surface area contributed by atoms with E-state index in [1.807, 2.05) is 19.9 Å². The van der Waals surface area contributed by atoms with E-state index in [1.54, 1.807) is 0 Å². The fourth-order valence-corrected chi connectivity index (χ4v) is 3.03. The molecule has 1 aliphatic rings. The largest absolute Gasteiger partial charge is 0.481 e. The minimum Gasteiger partial charge on any atom is -0.481 e. The average molecular weight is 303 g/mol. The molecule has 3 heteroatoms. The second-order valence-corrected chi connectivity index (χ2v) is 6.80. The van der Waals surface area contributed by atoms with Crippen LogP contribution in [-0.2, 0) is 4.79 Å². The third kappa shape index (κ3) is 4.49. The lowest BCUT2D eigenvalue weighted by molar-refractivity contribution is -0.128. The van der Waals surface area contributed by atoms with E-state index in [1.165, 1.54) is 19.3 Å². The molecule has 1 amide bonds. The highest BCUT2D eigenvalue weighted by Crippen LogP contribution is 2.28. The van der Waals surface area contributed by atoms with E-state index in [4.69, 9.17) is 4.74 Å². The summed E-state index contributed by atoms with van der Waals surface area (Å²) < 4.78 is 5.98. The van der Waals surface area contributed by atoms with Crippen molar-refractivity contribution in [2.24, 2.45) is 0 Å². The van der Waals surface area contributed by atoms with Crippen molar-refractivity contribution in [1.29, 1.82) is 0 Å². The van der Waals surface area contributed by atoms with Gasteiger partial charge in [0.15, 0.2) is 6.10 Å². The first-order chi connectivity index (χ1) is 10.5. The van der Waals surface area contributed by atoms with Gasteiger partial charge in [0.1, 0.15) is 5.75 Å². The van der Waals surface area contributed by atoms with Crippen LogP contribution in [0.2, 0.25) is 0 Å². The van der Waals surface area contributed by atoms with Crippen LogP contribution >= 0.6 is 0 Å². The van der Waals surface area contributed by atoms with Crippen molar-refractivity contribution in [3.8, 4) is 5.75 Å². The molecule has 122 valence electrons. The number of carbonyl (C=O) groups excluding carboxylic acids is 1. The van der Waals surface area contributed by atoms with Gasteiger partial charge in [0.2, 0.25) is 0 Å². The molecule has 0 aliphatic heterocycles. The number of amides is 1. The molecule has 1 saturated carbocycles. The highest BCUT2D eigenvalue weighted by atomic mass is 16.5. The SMILES string of the molecule is Cc1ccc(C(C)C)c(O[C@@H](C)C(=O)NC2CCCCC2)c1. The van der Waals surface area contributed by atoms with Crippen LogP contribution in [0.25, 0.3) is 0 Å². The van der Waals surface area contributed by atoms with E-state index < -0.39 is 6.10 Å². The summed E-state index contributed by atoms with van der Waals surface area (Å²) in [4.78, 5) is 12.3. The van der Waals surface area contributed by atoms with E-state index >= 15 is 0 Å². The molecule has 1 aromatic carbocycles. The van der Waals surface area contributed by atoms with Crippen LogP contribution in [0.3, 0.4) is 0 Å². The summed E-state index contributed by atoms with van der Waals surface area (Å²) >= 11 is 0.